The van der Waals surface area contributed by atoms with E-state index in [1.807, 2.05) is 43.1 Å². The minimum absolute atomic E-state index is 0.274. The monoisotopic (exact) mass is 433 g/mol. The summed E-state index contributed by atoms with van der Waals surface area (Å²) in [4.78, 5) is 1.25. The van der Waals surface area contributed by atoms with Gasteiger partial charge in [-0.05, 0) is 60.2 Å². The molecule has 31 heavy (non-hydrogen) atoms. The Labute approximate surface area is 190 Å². The molecule has 3 aromatic carbocycles. The van der Waals surface area contributed by atoms with Crippen molar-refractivity contribution in [2.45, 2.75) is 19.8 Å². The predicted octanol–water partition coefficient (Wildman–Crippen LogP) is 6.44. The number of aromatic hydroxyl groups is 1. The minimum Gasteiger partial charge on any atom is -0.508 e. The van der Waals surface area contributed by atoms with Crippen molar-refractivity contribution < 1.29 is 9.84 Å². The molecule has 0 amide bonds. The van der Waals surface area contributed by atoms with Crippen molar-refractivity contribution in [3.05, 3.63) is 95.6 Å². The summed E-state index contributed by atoms with van der Waals surface area (Å²) in [6.07, 6.45) is 2.34. The van der Waals surface area contributed by atoms with Gasteiger partial charge in [0.15, 0.2) is 0 Å². The number of rotatable bonds is 11. The zero-order valence-electron chi connectivity index (χ0n) is 18.3. The van der Waals surface area contributed by atoms with Crippen LogP contribution in [-0.2, 0) is 0 Å². The van der Waals surface area contributed by atoms with Gasteiger partial charge in [0.05, 0.1) is 0 Å². The highest BCUT2D eigenvalue weighted by Gasteiger charge is 2.15. The van der Waals surface area contributed by atoms with Crippen LogP contribution in [0.3, 0.4) is 0 Å². The third-order valence-electron chi connectivity index (χ3n) is 4.93. The largest absolute Gasteiger partial charge is 0.508 e. The highest BCUT2D eigenvalue weighted by Crippen LogP contribution is 2.40. The molecule has 0 aliphatic rings. The maximum Gasteiger partial charge on any atom is 0.119 e. The fourth-order valence-electron chi connectivity index (χ4n) is 3.25. The van der Waals surface area contributed by atoms with Crippen molar-refractivity contribution in [1.29, 1.82) is 0 Å². The molecule has 2 N–H and O–H groups in total. The van der Waals surface area contributed by atoms with Crippen LogP contribution in [0.4, 0.5) is 0 Å². The number of thioether (sulfide) groups is 1. The van der Waals surface area contributed by atoms with Gasteiger partial charge in [0.2, 0.25) is 0 Å². The van der Waals surface area contributed by atoms with E-state index in [9.17, 15) is 5.11 Å². The first-order valence-corrected chi connectivity index (χ1v) is 11.8. The Hall–Kier alpha value is -2.69. The summed E-state index contributed by atoms with van der Waals surface area (Å²) in [6.45, 7) is 3.67. The fourth-order valence-corrected chi connectivity index (χ4v) is 4.57. The second-order valence-corrected chi connectivity index (χ2v) is 8.40. The molecule has 3 aromatic rings. The minimum atomic E-state index is 0.274. The molecule has 0 heterocycles. The molecule has 162 valence electrons. The summed E-state index contributed by atoms with van der Waals surface area (Å²) in [5.41, 5.74) is 4.61. The van der Waals surface area contributed by atoms with Crippen LogP contribution >= 0.6 is 11.8 Å². The Kier molecular flexibility index (Phi) is 9.07. The lowest BCUT2D eigenvalue weighted by Gasteiger charge is -2.17. The van der Waals surface area contributed by atoms with E-state index in [1.165, 1.54) is 28.9 Å². The van der Waals surface area contributed by atoms with Gasteiger partial charge in [0.1, 0.15) is 18.1 Å². The van der Waals surface area contributed by atoms with Crippen LogP contribution in [0.15, 0.2) is 78.9 Å². The summed E-state index contributed by atoms with van der Waals surface area (Å²) < 4.78 is 5.81. The Balaban J connectivity index is 2.08. The van der Waals surface area contributed by atoms with Crippen LogP contribution < -0.4 is 10.1 Å². The van der Waals surface area contributed by atoms with Gasteiger partial charge in [-0.1, -0.05) is 67.9 Å². The number of phenols is 1. The first kappa shape index (κ1) is 23.0. The number of nitrogens with one attached hydrogen (secondary N) is 1. The van der Waals surface area contributed by atoms with E-state index in [2.05, 4.69) is 54.7 Å². The molecule has 0 saturated heterocycles. The van der Waals surface area contributed by atoms with Gasteiger partial charge >= 0.3 is 0 Å². The normalized spacial score (nSPS) is 11.8. The van der Waals surface area contributed by atoms with E-state index in [4.69, 9.17) is 4.74 Å². The van der Waals surface area contributed by atoms with E-state index >= 15 is 0 Å². The Morgan fingerprint density at radius 2 is 1.52 bits per heavy atom. The van der Waals surface area contributed by atoms with Crippen LogP contribution in [0, 0.1) is 0 Å². The van der Waals surface area contributed by atoms with Gasteiger partial charge in [0, 0.05) is 17.0 Å². The summed E-state index contributed by atoms with van der Waals surface area (Å²) in [7, 11) is 1.92. The van der Waals surface area contributed by atoms with Gasteiger partial charge in [0.25, 0.3) is 0 Å². The quantitative estimate of drug-likeness (QED) is 0.270. The topological polar surface area (TPSA) is 41.5 Å². The smallest absolute Gasteiger partial charge is 0.119 e. The summed E-state index contributed by atoms with van der Waals surface area (Å²) in [5, 5.41) is 12.9. The average molecular weight is 434 g/mol. The number of hydrogen-bond donors (Lipinski definition) is 2. The number of benzene rings is 3. The van der Waals surface area contributed by atoms with E-state index in [0.29, 0.717) is 6.61 Å². The SMILES string of the molecule is CCCCS/C(=C(/c1ccc(O)cc1)c1ccc(OCCNC)cc1)c1ccccc1. The number of unbranched alkanes of at least 4 members (excludes halogenated alkanes) is 1. The van der Waals surface area contributed by atoms with E-state index in [-0.39, 0.29) is 5.75 Å². The summed E-state index contributed by atoms with van der Waals surface area (Å²) in [5.74, 6) is 2.20. The molecule has 0 aliphatic carbocycles. The molecule has 3 rings (SSSR count). The van der Waals surface area contributed by atoms with E-state index < -0.39 is 0 Å². The highest BCUT2D eigenvalue weighted by atomic mass is 32.2. The van der Waals surface area contributed by atoms with E-state index in [0.717, 1.165) is 29.2 Å². The summed E-state index contributed by atoms with van der Waals surface area (Å²) in [6, 6.07) is 26.4. The Morgan fingerprint density at radius 3 is 2.13 bits per heavy atom. The third kappa shape index (κ3) is 6.65. The molecule has 0 aromatic heterocycles. The number of hydrogen-bond acceptors (Lipinski definition) is 4. The zero-order chi connectivity index (χ0) is 21.9. The van der Waals surface area contributed by atoms with Gasteiger partial charge in [-0.15, -0.1) is 11.8 Å². The molecular formula is C27H31NO2S. The molecule has 0 atom stereocenters. The van der Waals surface area contributed by atoms with Crippen LogP contribution in [0.25, 0.3) is 10.5 Å². The van der Waals surface area contributed by atoms with Gasteiger partial charge in [-0.2, -0.15) is 0 Å². The highest BCUT2D eigenvalue weighted by molar-refractivity contribution is 8.08. The fraction of sp³-hybridized carbons (Fsp3) is 0.259. The Morgan fingerprint density at radius 1 is 0.871 bits per heavy atom. The maximum atomic E-state index is 9.83. The molecule has 0 bridgehead atoms. The first-order chi connectivity index (χ1) is 15.2. The summed E-state index contributed by atoms with van der Waals surface area (Å²) >= 11 is 1.90. The van der Waals surface area contributed by atoms with Crippen molar-refractivity contribution >= 4 is 22.2 Å². The number of phenolic OH excluding ortho intramolecular Hbond substituents is 1. The number of ether oxygens (including phenoxy) is 1. The first-order valence-electron chi connectivity index (χ1n) is 10.8. The number of likely N-dealkylation sites (N-methyl/N-ethyl adjacent to an activating group) is 1. The molecule has 0 fully saturated rings. The second kappa shape index (κ2) is 12.2. The lowest BCUT2D eigenvalue weighted by Crippen LogP contribution is -2.15. The van der Waals surface area contributed by atoms with E-state index in [1.54, 1.807) is 12.1 Å². The molecule has 0 spiro atoms. The molecule has 0 saturated carbocycles. The van der Waals surface area contributed by atoms with Gasteiger partial charge in [-0.25, -0.2) is 0 Å². The lowest BCUT2D eigenvalue weighted by atomic mass is 9.95. The molecule has 3 nitrogen and oxygen atoms in total. The van der Waals surface area contributed by atoms with Crippen molar-refractivity contribution in [2.75, 3.05) is 26.0 Å². The third-order valence-corrected chi connectivity index (χ3v) is 6.15. The molecule has 0 aliphatic heterocycles. The molecular weight excluding hydrogens is 402 g/mol. The van der Waals surface area contributed by atoms with Crippen LogP contribution in [0.2, 0.25) is 0 Å². The average Bonchev–Trinajstić information content (AvgIpc) is 2.81. The standard InChI is InChI=1S/C27H31NO2S/c1-3-4-20-31-27(23-8-6-5-7-9-23)26(21-10-14-24(29)15-11-21)22-12-16-25(17-13-22)30-19-18-28-2/h5-17,28-29H,3-4,18-20H2,1-2H3/b27-26-. The predicted molar refractivity (Wildman–Crippen MR) is 134 cm³/mol. The maximum absolute atomic E-state index is 9.83. The van der Waals surface area contributed by atoms with Crippen LogP contribution in [0.1, 0.15) is 36.5 Å². The second-order valence-electron chi connectivity index (χ2n) is 7.30. The molecule has 0 unspecified atom stereocenters. The van der Waals surface area contributed by atoms with Crippen molar-refractivity contribution in [1.82, 2.24) is 5.32 Å². The van der Waals surface area contributed by atoms with Gasteiger partial charge < -0.3 is 15.2 Å². The molecule has 0 radical (unpaired) electrons. The zero-order valence-corrected chi connectivity index (χ0v) is 19.1. The van der Waals surface area contributed by atoms with Crippen LogP contribution in [-0.4, -0.2) is 31.1 Å². The van der Waals surface area contributed by atoms with Crippen LogP contribution in [0.5, 0.6) is 11.5 Å². The van der Waals surface area contributed by atoms with Gasteiger partial charge in [-0.3, -0.25) is 0 Å². The lowest BCUT2D eigenvalue weighted by molar-refractivity contribution is 0.318. The molecule has 4 heteroatoms. The Bertz CT molecular complexity index is 951. The van der Waals surface area contributed by atoms with Crippen molar-refractivity contribution in [3.63, 3.8) is 0 Å². The van der Waals surface area contributed by atoms with Crippen molar-refractivity contribution in [3.8, 4) is 11.5 Å². The van der Waals surface area contributed by atoms with Crippen molar-refractivity contribution in [2.24, 2.45) is 0 Å².